The van der Waals surface area contributed by atoms with Gasteiger partial charge in [0.2, 0.25) is 0 Å². The van der Waals surface area contributed by atoms with Crippen LogP contribution >= 0.6 is 0 Å². The molecular weight excluding hydrogens is 298 g/mol. The molecule has 0 radical (unpaired) electrons. The van der Waals surface area contributed by atoms with Crippen LogP contribution in [0, 0.1) is 0 Å². The van der Waals surface area contributed by atoms with Crippen LogP contribution in [0.5, 0.6) is 5.75 Å². The molecule has 0 amide bonds. The van der Waals surface area contributed by atoms with Gasteiger partial charge in [-0.3, -0.25) is 4.98 Å². The maximum absolute atomic E-state index is 6.03. The van der Waals surface area contributed by atoms with E-state index >= 15 is 0 Å². The molecule has 4 rings (SSSR count). The Kier molecular flexibility index (Phi) is 4.30. The van der Waals surface area contributed by atoms with Gasteiger partial charge in [-0.1, -0.05) is 30.3 Å². The van der Waals surface area contributed by atoms with Gasteiger partial charge in [-0.15, -0.1) is 0 Å². The van der Waals surface area contributed by atoms with Gasteiger partial charge < -0.3 is 15.4 Å². The van der Waals surface area contributed by atoms with E-state index in [2.05, 4.69) is 39.9 Å². The molecule has 1 saturated heterocycles. The summed E-state index contributed by atoms with van der Waals surface area (Å²) in [6, 6.07) is 18.9. The third-order valence-corrected chi connectivity index (χ3v) is 4.39. The van der Waals surface area contributed by atoms with E-state index in [1.54, 1.807) is 0 Å². The third-order valence-electron chi connectivity index (χ3n) is 4.39. The first kappa shape index (κ1) is 15.0. The Morgan fingerprint density at radius 3 is 2.83 bits per heavy atom. The van der Waals surface area contributed by atoms with Crippen molar-refractivity contribution < 1.29 is 4.74 Å². The van der Waals surface area contributed by atoms with Gasteiger partial charge in [0, 0.05) is 29.9 Å². The molecule has 3 aromatic rings. The molecule has 4 nitrogen and oxygen atoms in total. The number of anilines is 1. The van der Waals surface area contributed by atoms with E-state index in [0.29, 0.717) is 12.6 Å². The smallest absolute Gasteiger partial charge is 0.146 e. The van der Waals surface area contributed by atoms with Crippen LogP contribution in [0.2, 0.25) is 0 Å². The number of fused-ring (bicyclic) bond motifs is 1. The van der Waals surface area contributed by atoms with E-state index in [-0.39, 0.29) is 0 Å². The lowest BCUT2D eigenvalue weighted by Gasteiger charge is -2.16. The molecule has 2 heterocycles. The highest BCUT2D eigenvalue weighted by Crippen LogP contribution is 2.31. The minimum absolute atomic E-state index is 0.476. The molecule has 1 aromatic heterocycles. The van der Waals surface area contributed by atoms with Crippen molar-refractivity contribution >= 4 is 16.6 Å². The van der Waals surface area contributed by atoms with Gasteiger partial charge in [0.25, 0.3) is 0 Å². The van der Waals surface area contributed by atoms with Crippen LogP contribution in [0.25, 0.3) is 10.9 Å². The van der Waals surface area contributed by atoms with Crippen molar-refractivity contribution in [1.82, 2.24) is 10.3 Å². The standard InChI is InChI=1S/C20H21N3O/c1-2-5-15(6-3-1)14-24-19-9-8-18(23-16-10-12-21-13-16)17-7-4-11-22-20(17)19/h1-9,11,16,21,23H,10,12-14H2. The van der Waals surface area contributed by atoms with Crippen molar-refractivity contribution in [3.63, 3.8) is 0 Å². The van der Waals surface area contributed by atoms with Crippen molar-refractivity contribution in [3.05, 3.63) is 66.4 Å². The van der Waals surface area contributed by atoms with Crippen molar-refractivity contribution in [2.24, 2.45) is 0 Å². The zero-order chi connectivity index (χ0) is 16.2. The molecule has 0 bridgehead atoms. The lowest BCUT2D eigenvalue weighted by Crippen LogP contribution is -2.22. The molecular formula is C20H21N3O. The Morgan fingerprint density at radius 1 is 1.08 bits per heavy atom. The largest absolute Gasteiger partial charge is 0.487 e. The van der Waals surface area contributed by atoms with Crippen LogP contribution < -0.4 is 15.4 Å². The molecule has 1 unspecified atom stereocenters. The van der Waals surface area contributed by atoms with E-state index in [9.17, 15) is 0 Å². The average molecular weight is 319 g/mol. The summed E-state index contributed by atoms with van der Waals surface area (Å²) in [6.45, 7) is 2.63. The van der Waals surface area contributed by atoms with E-state index in [0.717, 1.165) is 47.4 Å². The maximum Gasteiger partial charge on any atom is 0.146 e. The first-order valence-corrected chi connectivity index (χ1v) is 8.42. The summed E-state index contributed by atoms with van der Waals surface area (Å²) in [5.74, 6) is 0.824. The normalized spacial score (nSPS) is 17.1. The van der Waals surface area contributed by atoms with Gasteiger partial charge in [-0.05, 0) is 42.8 Å². The molecule has 122 valence electrons. The maximum atomic E-state index is 6.03. The molecule has 0 aliphatic carbocycles. The summed E-state index contributed by atoms with van der Waals surface area (Å²) in [5, 5.41) is 8.12. The van der Waals surface area contributed by atoms with Crippen LogP contribution in [0.1, 0.15) is 12.0 Å². The van der Waals surface area contributed by atoms with Gasteiger partial charge in [-0.2, -0.15) is 0 Å². The third kappa shape index (κ3) is 3.19. The lowest BCUT2D eigenvalue weighted by atomic mass is 10.1. The number of aromatic nitrogens is 1. The van der Waals surface area contributed by atoms with E-state index < -0.39 is 0 Å². The van der Waals surface area contributed by atoms with E-state index in [1.807, 2.05) is 36.5 Å². The molecule has 24 heavy (non-hydrogen) atoms. The molecule has 0 spiro atoms. The molecule has 1 atom stereocenters. The number of hydrogen-bond donors (Lipinski definition) is 2. The molecule has 4 heteroatoms. The van der Waals surface area contributed by atoms with Gasteiger partial charge in [0.05, 0.1) is 0 Å². The Balaban J connectivity index is 1.60. The fourth-order valence-corrected chi connectivity index (χ4v) is 3.12. The number of ether oxygens (including phenoxy) is 1. The van der Waals surface area contributed by atoms with Crippen LogP contribution in [0.3, 0.4) is 0 Å². The van der Waals surface area contributed by atoms with Gasteiger partial charge in [0.1, 0.15) is 17.9 Å². The van der Waals surface area contributed by atoms with Gasteiger partial charge in [0.15, 0.2) is 0 Å². The minimum atomic E-state index is 0.476. The molecule has 0 saturated carbocycles. The second-order valence-electron chi connectivity index (χ2n) is 6.12. The summed E-state index contributed by atoms with van der Waals surface area (Å²) in [6.07, 6.45) is 2.96. The number of hydrogen-bond acceptors (Lipinski definition) is 4. The topological polar surface area (TPSA) is 46.2 Å². The van der Waals surface area contributed by atoms with Crippen molar-refractivity contribution in [1.29, 1.82) is 0 Å². The second kappa shape index (κ2) is 6.89. The predicted octanol–water partition coefficient (Wildman–Crippen LogP) is 3.59. The van der Waals surface area contributed by atoms with Crippen LogP contribution in [-0.4, -0.2) is 24.1 Å². The minimum Gasteiger partial charge on any atom is -0.487 e. The highest BCUT2D eigenvalue weighted by atomic mass is 16.5. The highest BCUT2D eigenvalue weighted by Gasteiger charge is 2.16. The molecule has 1 aliphatic heterocycles. The molecule has 1 aliphatic rings. The van der Waals surface area contributed by atoms with Crippen molar-refractivity contribution in [3.8, 4) is 5.75 Å². The summed E-state index contributed by atoms with van der Waals surface area (Å²) >= 11 is 0. The Labute approximate surface area is 141 Å². The lowest BCUT2D eigenvalue weighted by molar-refractivity contribution is 0.309. The SMILES string of the molecule is c1ccc(COc2ccc(NC3CCNC3)c3cccnc23)cc1. The fraction of sp³-hybridized carbons (Fsp3) is 0.250. The van der Waals surface area contributed by atoms with Crippen LogP contribution in [0.15, 0.2) is 60.8 Å². The van der Waals surface area contributed by atoms with Crippen molar-refractivity contribution in [2.45, 2.75) is 19.1 Å². The molecule has 1 fully saturated rings. The van der Waals surface area contributed by atoms with Crippen LogP contribution in [-0.2, 0) is 6.61 Å². The van der Waals surface area contributed by atoms with Gasteiger partial charge >= 0.3 is 0 Å². The Morgan fingerprint density at radius 2 is 2.00 bits per heavy atom. The number of nitrogens with zero attached hydrogens (tertiary/aromatic N) is 1. The number of benzene rings is 2. The van der Waals surface area contributed by atoms with Gasteiger partial charge in [-0.25, -0.2) is 0 Å². The summed E-state index contributed by atoms with van der Waals surface area (Å²) in [5.41, 5.74) is 3.18. The summed E-state index contributed by atoms with van der Waals surface area (Å²) in [4.78, 5) is 4.55. The zero-order valence-corrected chi connectivity index (χ0v) is 13.5. The second-order valence-corrected chi connectivity index (χ2v) is 6.12. The molecule has 2 N–H and O–H groups in total. The molecule has 2 aromatic carbocycles. The Bertz CT molecular complexity index is 813. The number of nitrogens with one attached hydrogen (secondary N) is 2. The number of pyridine rings is 1. The van der Waals surface area contributed by atoms with E-state index in [4.69, 9.17) is 4.74 Å². The first-order chi connectivity index (χ1) is 11.9. The summed E-state index contributed by atoms with van der Waals surface area (Å²) < 4.78 is 6.03. The number of rotatable bonds is 5. The highest BCUT2D eigenvalue weighted by molar-refractivity contribution is 5.95. The quantitative estimate of drug-likeness (QED) is 0.754. The van der Waals surface area contributed by atoms with Crippen molar-refractivity contribution in [2.75, 3.05) is 18.4 Å². The average Bonchev–Trinajstić information content (AvgIpc) is 3.15. The Hall–Kier alpha value is -2.59. The van der Waals surface area contributed by atoms with Crippen LogP contribution in [0.4, 0.5) is 5.69 Å². The monoisotopic (exact) mass is 319 g/mol. The van der Waals surface area contributed by atoms with E-state index in [1.165, 1.54) is 0 Å². The summed E-state index contributed by atoms with van der Waals surface area (Å²) in [7, 11) is 0. The predicted molar refractivity (Wildman–Crippen MR) is 97.4 cm³/mol. The fourth-order valence-electron chi connectivity index (χ4n) is 3.12. The zero-order valence-electron chi connectivity index (χ0n) is 13.5. The first-order valence-electron chi connectivity index (χ1n) is 8.42.